The summed E-state index contributed by atoms with van der Waals surface area (Å²) in [6, 6.07) is 3.87. The van der Waals surface area contributed by atoms with Gasteiger partial charge in [-0.3, -0.25) is 9.79 Å². The van der Waals surface area contributed by atoms with Gasteiger partial charge in [0, 0.05) is 11.1 Å². The van der Waals surface area contributed by atoms with Gasteiger partial charge in [0.1, 0.15) is 6.54 Å². The van der Waals surface area contributed by atoms with Crippen LogP contribution in [0.4, 0.5) is 0 Å². The van der Waals surface area contributed by atoms with Gasteiger partial charge >= 0.3 is 5.97 Å². The first-order chi connectivity index (χ1) is 5.83. The average Bonchev–Trinajstić information content (AvgIpc) is 2.57. The van der Waals surface area contributed by atoms with E-state index in [2.05, 4.69) is 9.73 Å². The average molecular weight is 183 g/mol. The highest BCUT2D eigenvalue weighted by Crippen LogP contribution is 2.04. The van der Waals surface area contributed by atoms with Gasteiger partial charge in [-0.25, -0.2) is 0 Å². The van der Waals surface area contributed by atoms with Crippen LogP contribution >= 0.6 is 11.3 Å². The van der Waals surface area contributed by atoms with Crippen LogP contribution in [0.5, 0.6) is 0 Å². The number of carbonyl (C=O) groups is 1. The Labute approximate surface area is 74.7 Å². The minimum absolute atomic E-state index is 0.0917. The van der Waals surface area contributed by atoms with E-state index in [1.165, 1.54) is 7.11 Å². The first-order valence-electron chi connectivity index (χ1n) is 3.43. The van der Waals surface area contributed by atoms with Gasteiger partial charge in [-0.1, -0.05) is 6.07 Å². The van der Waals surface area contributed by atoms with Crippen molar-refractivity contribution in [2.75, 3.05) is 13.7 Å². The predicted molar refractivity (Wildman–Crippen MR) is 48.8 cm³/mol. The van der Waals surface area contributed by atoms with Crippen molar-refractivity contribution in [3.05, 3.63) is 22.4 Å². The van der Waals surface area contributed by atoms with Crippen molar-refractivity contribution in [1.82, 2.24) is 0 Å². The van der Waals surface area contributed by atoms with Crippen LogP contribution in [-0.2, 0) is 9.53 Å². The lowest BCUT2D eigenvalue weighted by molar-refractivity contribution is -0.138. The van der Waals surface area contributed by atoms with Crippen molar-refractivity contribution in [2.45, 2.75) is 0 Å². The molecule has 0 aliphatic heterocycles. The number of rotatable bonds is 3. The minimum Gasteiger partial charge on any atom is -0.468 e. The number of hydrogen-bond acceptors (Lipinski definition) is 4. The molecule has 0 aromatic carbocycles. The first-order valence-corrected chi connectivity index (χ1v) is 4.31. The van der Waals surface area contributed by atoms with Crippen LogP contribution in [0.3, 0.4) is 0 Å². The van der Waals surface area contributed by atoms with Crippen LogP contribution in [0.2, 0.25) is 0 Å². The fourth-order valence-corrected chi connectivity index (χ4v) is 1.25. The third-order valence-corrected chi connectivity index (χ3v) is 2.02. The van der Waals surface area contributed by atoms with Gasteiger partial charge in [-0.05, 0) is 11.4 Å². The first kappa shape index (κ1) is 8.93. The molecule has 0 N–H and O–H groups in total. The summed E-state index contributed by atoms with van der Waals surface area (Å²) in [6.07, 6.45) is 1.67. The van der Waals surface area contributed by atoms with Gasteiger partial charge in [-0.15, -0.1) is 11.3 Å². The van der Waals surface area contributed by atoms with E-state index in [1.807, 2.05) is 17.5 Å². The zero-order valence-electron chi connectivity index (χ0n) is 6.69. The Kier molecular flexibility index (Phi) is 3.47. The maximum Gasteiger partial charge on any atom is 0.327 e. The van der Waals surface area contributed by atoms with Crippen molar-refractivity contribution in [3.63, 3.8) is 0 Å². The molecule has 0 saturated carbocycles. The minimum atomic E-state index is -0.317. The molecular weight excluding hydrogens is 174 g/mol. The number of carbonyl (C=O) groups excluding carboxylic acids is 1. The highest BCUT2D eigenvalue weighted by atomic mass is 32.1. The third kappa shape index (κ3) is 2.84. The van der Waals surface area contributed by atoms with Crippen LogP contribution in [-0.4, -0.2) is 25.8 Å². The maximum atomic E-state index is 10.6. The van der Waals surface area contributed by atoms with Crippen molar-refractivity contribution >= 4 is 23.5 Å². The molecule has 4 heteroatoms. The molecule has 0 fully saturated rings. The van der Waals surface area contributed by atoms with Gasteiger partial charge < -0.3 is 4.74 Å². The summed E-state index contributed by atoms with van der Waals surface area (Å²) >= 11 is 1.58. The third-order valence-electron chi connectivity index (χ3n) is 1.21. The highest BCUT2D eigenvalue weighted by Gasteiger charge is 1.94. The zero-order valence-corrected chi connectivity index (χ0v) is 7.50. The van der Waals surface area contributed by atoms with Gasteiger partial charge in [0.25, 0.3) is 0 Å². The predicted octanol–water partition coefficient (Wildman–Crippen LogP) is 1.34. The molecule has 1 aromatic heterocycles. The number of methoxy groups -OCH3 is 1. The second kappa shape index (κ2) is 4.66. The van der Waals surface area contributed by atoms with E-state index in [0.717, 1.165) is 4.88 Å². The molecule has 1 heterocycles. The summed E-state index contributed by atoms with van der Waals surface area (Å²) in [7, 11) is 1.35. The maximum absolute atomic E-state index is 10.6. The summed E-state index contributed by atoms with van der Waals surface area (Å²) < 4.78 is 4.42. The highest BCUT2D eigenvalue weighted by molar-refractivity contribution is 7.11. The lowest BCUT2D eigenvalue weighted by Gasteiger charge is -1.90. The van der Waals surface area contributed by atoms with Crippen LogP contribution in [0, 0.1) is 0 Å². The zero-order chi connectivity index (χ0) is 8.81. The fraction of sp³-hybridized carbons (Fsp3) is 0.250. The lowest BCUT2D eigenvalue weighted by Crippen LogP contribution is -2.03. The second-order valence-corrected chi connectivity index (χ2v) is 3.04. The monoisotopic (exact) mass is 183 g/mol. The Morgan fingerprint density at radius 2 is 2.67 bits per heavy atom. The molecule has 0 atom stereocenters. The Balaban J connectivity index is 2.37. The van der Waals surface area contributed by atoms with Crippen LogP contribution in [0.25, 0.3) is 0 Å². The summed E-state index contributed by atoms with van der Waals surface area (Å²) in [5, 5.41) is 1.96. The molecular formula is C8H9NO2S. The van der Waals surface area contributed by atoms with E-state index in [9.17, 15) is 4.79 Å². The summed E-state index contributed by atoms with van der Waals surface area (Å²) in [6.45, 7) is 0.0917. The number of nitrogens with zero attached hydrogens (tertiary/aromatic N) is 1. The molecule has 0 radical (unpaired) electrons. The largest absolute Gasteiger partial charge is 0.468 e. The summed E-state index contributed by atoms with van der Waals surface area (Å²) in [5.74, 6) is -0.317. The molecule has 64 valence electrons. The Morgan fingerprint density at radius 1 is 1.83 bits per heavy atom. The molecule has 0 aliphatic carbocycles. The number of esters is 1. The van der Waals surface area contributed by atoms with Crippen LogP contribution in [0.1, 0.15) is 4.88 Å². The van der Waals surface area contributed by atoms with Crippen molar-refractivity contribution in [1.29, 1.82) is 0 Å². The van der Waals surface area contributed by atoms with Gasteiger partial charge in [-0.2, -0.15) is 0 Å². The van der Waals surface area contributed by atoms with Gasteiger partial charge in [0.2, 0.25) is 0 Å². The molecule has 0 saturated heterocycles. The fourth-order valence-electron chi connectivity index (χ4n) is 0.639. The van der Waals surface area contributed by atoms with E-state index in [-0.39, 0.29) is 12.5 Å². The summed E-state index contributed by atoms with van der Waals surface area (Å²) in [5.41, 5.74) is 0. The summed E-state index contributed by atoms with van der Waals surface area (Å²) in [4.78, 5) is 15.5. The smallest absolute Gasteiger partial charge is 0.327 e. The molecule has 1 rings (SSSR count). The van der Waals surface area contributed by atoms with E-state index in [4.69, 9.17) is 0 Å². The van der Waals surface area contributed by atoms with E-state index in [0.29, 0.717) is 0 Å². The molecule has 0 amide bonds. The molecule has 0 spiro atoms. The molecule has 0 unspecified atom stereocenters. The van der Waals surface area contributed by atoms with E-state index >= 15 is 0 Å². The molecule has 12 heavy (non-hydrogen) atoms. The van der Waals surface area contributed by atoms with Gasteiger partial charge in [0.05, 0.1) is 7.11 Å². The molecule has 3 nitrogen and oxygen atoms in total. The number of ether oxygens (including phenoxy) is 1. The quantitative estimate of drug-likeness (QED) is 0.524. The Bertz CT molecular complexity index is 267. The van der Waals surface area contributed by atoms with Crippen LogP contribution < -0.4 is 0 Å². The number of aliphatic imine (C=N–C) groups is 1. The number of thiophene rings is 1. The Morgan fingerprint density at radius 3 is 3.25 bits per heavy atom. The van der Waals surface area contributed by atoms with Gasteiger partial charge in [0.15, 0.2) is 0 Å². The van der Waals surface area contributed by atoms with Crippen molar-refractivity contribution in [2.24, 2.45) is 4.99 Å². The second-order valence-electron chi connectivity index (χ2n) is 2.06. The van der Waals surface area contributed by atoms with Crippen molar-refractivity contribution in [3.8, 4) is 0 Å². The number of hydrogen-bond donors (Lipinski definition) is 0. The lowest BCUT2D eigenvalue weighted by atomic mass is 10.5. The standard InChI is InChI=1S/C8H9NO2S/c1-11-8(10)6-9-5-7-3-2-4-12-7/h2-5H,6H2,1H3. The molecule has 0 bridgehead atoms. The molecule has 0 aliphatic rings. The SMILES string of the molecule is COC(=O)CN=Cc1cccs1. The topological polar surface area (TPSA) is 38.7 Å². The van der Waals surface area contributed by atoms with E-state index < -0.39 is 0 Å². The normalized spacial score (nSPS) is 10.4. The van der Waals surface area contributed by atoms with Crippen molar-refractivity contribution < 1.29 is 9.53 Å². The molecule has 1 aromatic rings. The Hall–Kier alpha value is -1.16. The van der Waals surface area contributed by atoms with Crippen LogP contribution in [0.15, 0.2) is 22.5 Å². The van der Waals surface area contributed by atoms with E-state index in [1.54, 1.807) is 17.6 Å².